The second-order valence-corrected chi connectivity index (χ2v) is 7.03. The summed E-state index contributed by atoms with van der Waals surface area (Å²) in [5.74, 6) is -0.700. The van der Waals surface area contributed by atoms with Crippen LogP contribution in [0.5, 0.6) is 0 Å². The molecule has 0 bridgehead atoms. The lowest BCUT2D eigenvalue weighted by Crippen LogP contribution is -2.36. The Morgan fingerprint density at radius 3 is 2.73 bits per heavy atom. The number of hydrogen-bond acceptors (Lipinski definition) is 4. The van der Waals surface area contributed by atoms with Crippen molar-refractivity contribution in [2.24, 2.45) is 0 Å². The summed E-state index contributed by atoms with van der Waals surface area (Å²) < 4.78 is 13.9. The lowest BCUT2D eigenvalue weighted by Gasteiger charge is -2.30. The smallest absolute Gasteiger partial charge is 0.237 e. The maximum Gasteiger partial charge on any atom is 0.237 e. The fourth-order valence-electron chi connectivity index (χ4n) is 3.00. The van der Waals surface area contributed by atoms with E-state index in [1.54, 1.807) is 11.0 Å². The number of hydrogen-bond donors (Lipinski definition) is 1. The van der Waals surface area contributed by atoms with E-state index in [2.05, 4.69) is 0 Å². The maximum atomic E-state index is 13.9. The van der Waals surface area contributed by atoms with E-state index in [1.807, 2.05) is 18.2 Å². The molecule has 2 N–H and O–H groups in total. The number of nitrogens with zero attached hydrogens (tertiary/aromatic N) is 1. The zero-order valence-corrected chi connectivity index (χ0v) is 16.0. The number of carbonyl (C=O) groups is 2. The first kappa shape index (κ1) is 20.3. The molecule has 0 aromatic heterocycles. The van der Waals surface area contributed by atoms with Crippen molar-refractivity contribution in [3.05, 3.63) is 53.3 Å². The third-order valence-electron chi connectivity index (χ3n) is 4.27. The van der Waals surface area contributed by atoms with Crippen molar-refractivity contribution in [2.75, 3.05) is 22.9 Å². The fourth-order valence-corrected chi connectivity index (χ4v) is 3.80. The summed E-state index contributed by atoms with van der Waals surface area (Å²) in [5, 5.41) is 0. The monoisotopic (exact) mass is 394 g/mol. The first-order valence-corrected chi connectivity index (χ1v) is 9.07. The molecule has 7 heteroatoms. The van der Waals surface area contributed by atoms with Gasteiger partial charge in [0.25, 0.3) is 0 Å². The Labute approximate surface area is 162 Å². The van der Waals surface area contributed by atoms with Crippen molar-refractivity contribution in [1.82, 2.24) is 0 Å². The fraction of sp³-hybridized carbons (Fsp3) is 0.263. The van der Waals surface area contributed by atoms with E-state index >= 15 is 0 Å². The minimum Gasteiger partial charge on any atom is -0.398 e. The zero-order valence-electron chi connectivity index (χ0n) is 14.3. The van der Waals surface area contributed by atoms with Gasteiger partial charge in [-0.05, 0) is 55.7 Å². The first-order chi connectivity index (χ1) is 12.0. The van der Waals surface area contributed by atoms with Crippen molar-refractivity contribution in [3.63, 3.8) is 0 Å². The molecule has 3 rings (SSSR count). The lowest BCUT2D eigenvalue weighted by molar-refractivity contribution is -0.116. The van der Waals surface area contributed by atoms with Crippen LogP contribution in [-0.2, 0) is 11.2 Å². The molecule has 0 saturated carbocycles. The molecular formula is C19H20ClFN2O2S. The van der Waals surface area contributed by atoms with Gasteiger partial charge in [-0.15, -0.1) is 24.2 Å². The number of ketones is 1. The molecule has 0 radical (unpaired) electrons. The van der Waals surface area contributed by atoms with Gasteiger partial charge < -0.3 is 10.6 Å². The van der Waals surface area contributed by atoms with Gasteiger partial charge in [0.15, 0.2) is 5.78 Å². The highest BCUT2D eigenvalue weighted by Gasteiger charge is 2.23. The minimum absolute atomic E-state index is 0. The van der Waals surface area contributed by atoms with Crippen LogP contribution in [0.25, 0.3) is 0 Å². The van der Waals surface area contributed by atoms with Crippen LogP contribution in [0, 0.1) is 5.82 Å². The summed E-state index contributed by atoms with van der Waals surface area (Å²) in [6, 6.07) is 10.0. The van der Waals surface area contributed by atoms with Gasteiger partial charge in [-0.2, -0.15) is 0 Å². The predicted molar refractivity (Wildman–Crippen MR) is 106 cm³/mol. The Bertz CT molecular complexity index is 844. The Morgan fingerprint density at radius 1 is 1.27 bits per heavy atom. The van der Waals surface area contributed by atoms with Crippen LogP contribution in [0.15, 0.2) is 41.3 Å². The van der Waals surface area contributed by atoms with Gasteiger partial charge in [-0.3, -0.25) is 9.59 Å². The molecule has 1 aliphatic rings. The average molecular weight is 395 g/mol. The van der Waals surface area contributed by atoms with Gasteiger partial charge in [0.1, 0.15) is 5.82 Å². The van der Waals surface area contributed by atoms with Gasteiger partial charge in [-0.1, -0.05) is 6.07 Å². The predicted octanol–water partition coefficient (Wildman–Crippen LogP) is 4.10. The molecule has 4 nitrogen and oxygen atoms in total. The second kappa shape index (κ2) is 8.56. The molecule has 26 heavy (non-hydrogen) atoms. The highest BCUT2D eigenvalue weighted by Crippen LogP contribution is 2.32. The summed E-state index contributed by atoms with van der Waals surface area (Å²) in [6.45, 7) is 1.99. The van der Waals surface area contributed by atoms with Gasteiger partial charge in [0.2, 0.25) is 5.91 Å². The molecule has 2 aromatic rings. The second-order valence-electron chi connectivity index (χ2n) is 5.98. The van der Waals surface area contributed by atoms with Crippen molar-refractivity contribution < 1.29 is 14.0 Å². The highest BCUT2D eigenvalue weighted by atomic mass is 35.5. The van der Waals surface area contributed by atoms with Crippen LogP contribution in [0.2, 0.25) is 0 Å². The zero-order chi connectivity index (χ0) is 18.0. The molecule has 0 saturated heterocycles. The Kier molecular flexibility index (Phi) is 6.67. The molecule has 1 aliphatic heterocycles. The molecule has 1 heterocycles. The van der Waals surface area contributed by atoms with Crippen molar-refractivity contribution in [3.8, 4) is 0 Å². The number of carbonyl (C=O) groups excluding carboxylic acids is 2. The maximum absolute atomic E-state index is 13.9. The van der Waals surface area contributed by atoms with Crippen molar-refractivity contribution >= 4 is 47.2 Å². The van der Waals surface area contributed by atoms with E-state index in [9.17, 15) is 14.0 Å². The van der Waals surface area contributed by atoms with Gasteiger partial charge in [0.05, 0.1) is 11.3 Å². The van der Waals surface area contributed by atoms with Crippen LogP contribution in [0.1, 0.15) is 29.3 Å². The number of halogens is 2. The molecule has 0 unspecified atom stereocenters. The third-order valence-corrected chi connectivity index (χ3v) is 5.25. The summed E-state index contributed by atoms with van der Waals surface area (Å²) in [5.41, 5.74) is 8.68. The van der Waals surface area contributed by atoms with Gasteiger partial charge >= 0.3 is 0 Å². The molecular weight excluding hydrogens is 375 g/mol. The van der Waals surface area contributed by atoms with E-state index in [4.69, 9.17) is 5.73 Å². The van der Waals surface area contributed by atoms with E-state index in [-0.39, 0.29) is 35.4 Å². The number of nitrogen functional groups attached to an aromatic ring is 1. The SMILES string of the molecule is CC(=O)c1ccc(SCC(=O)N2CCCc3c(N)cccc32)cc1F.Cl. The molecule has 0 aliphatic carbocycles. The Hall–Kier alpha value is -2.05. The topological polar surface area (TPSA) is 63.4 Å². The first-order valence-electron chi connectivity index (χ1n) is 8.08. The summed E-state index contributed by atoms with van der Waals surface area (Å²) >= 11 is 1.26. The number of benzene rings is 2. The molecule has 2 aromatic carbocycles. The number of nitrogens with two attached hydrogens (primary N) is 1. The summed E-state index contributed by atoms with van der Waals surface area (Å²) in [6.07, 6.45) is 1.75. The van der Waals surface area contributed by atoms with Gasteiger partial charge in [0, 0.05) is 22.8 Å². The standard InChI is InChI=1S/C19H19FN2O2S.ClH/c1-12(23)14-8-7-13(10-16(14)20)25-11-19(24)22-9-3-4-15-17(21)5-2-6-18(15)22;/h2,5-8,10H,3-4,9,11,21H2,1H3;1H. The molecule has 138 valence electrons. The normalized spacial score (nSPS) is 12.9. The van der Waals surface area contributed by atoms with E-state index in [0.717, 1.165) is 24.1 Å². The molecule has 0 fully saturated rings. The minimum atomic E-state index is -0.555. The van der Waals surface area contributed by atoms with E-state index in [0.29, 0.717) is 17.1 Å². The lowest BCUT2D eigenvalue weighted by atomic mass is 10.00. The number of amides is 1. The van der Waals surface area contributed by atoms with E-state index < -0.39 is 5.82 Å². The Morgan fingerprint density at radius 2 is 2.04 bits per heavy atom. The molecule has 1 amide bonds. The third kappa shape index (κ3) is 4.19. The number of thioether (sulfide) groups is 1. The van der Waals surface area contributed by atoms with Crippen LogP contribution >= 0.6 is 24.2 Å². The number of anilines is 2. The average Bonchev–Trinajstić information content (AvgIpc) is 2.59. The van der Waals surface area contributed by atoms with Crippen LogP contribution < -0.4 is 10.6 Å². The van der Waals surface area contributed by atoms with E-state index in [1.165, 1.54) is 30.8 Å². The largest absolute Gasteiger partial charge is 0.398 e. The van der Waals surface area contributed by atoms with Gasteiger partial charge in [-0.25, -0.2) is 4.39 Å². The van der Waals surface area contributed by atoms with Crippen LogP contribution in [-0.4, -0.2) is 24.0 Å². The molecule has 0 spiro atoms. The number of Topliss-reactive ketones (excluding diaryl/α,β-unsaturated/α-hetero) is 1. The highest BCUT2D eigenvalue weighted by molar-refractivity contribution is 8.00. The van der Waals surface area contributed by atoms with Crippen LogP contribution in [0.4, 0.5) is 15.8 Å². The quantitative estimate of drug-likeness (QED) is 0.481. The number of rotatable bonds is 4. The summed E-state index contributed by atoms with van der Waals surface area (Å²) in [4.78, 5) is 26.3. The van der Waals surface area contributed by atoms with Crippen molar-refractivity contribution in [2.45, 2.75) is 24.7 Å². The van der Waals surface area contributed by atoms with Crippen molar-refractivity contribution in [1.29, 1.82) is 0 Å². The Balaban J connectivity index is 0.00000243. The van der Waals surface area contributed by atoms with Crippen LogP contribution in [0.3, 0.4) is 0 Å². The summed E-state index contributed by atoms with van der Waals surface area (Å²) in [7, 11) is 0. The molecule has 0 atom stereocenters. The number of fused-ring (bicyclic) bond motifs is 1.